The lowest BCUT2D eigenvalue weighted by Gasteiger charge is -2.40. The third-order valence-electron chi connectivity index (χ3n) is 8.09. The Labute approximate surface area is 231 Å². The molecule has 2 heterocycles. The van der Waals surface area contributed by atoms with Gasteiger partial charge in [0.1, 0.15) is 5.75 Å². The molecule has 0 bridgehead atoms. The van der Waals surface area contributed by atoms with E-state index in [2.05, 4.69) is 10.6 Å². The maximum atomic E-state index is 14.0. The molecule has 0 radical (unpaired) electrons. The van der Waals surface area contributed by atoms with Gasteiger partial charge in [-0.3, -0.25) is 14.4 Å². The molecule has 0 spiro atoms. The number of carbonyl (C=O) groups is 3. The number of methoxy groups -OCH3 is 1. The molecule has 3 N–H and O–H groups in total. The van der Waals surface area contributed by atoms with Crippen molar-refractivity contribution in [3.05, 3.63) is 18.2 Å². The molecule has 0 aromatic heterocycles. The molecule has 39 heavy (non-hydrogen) atoms. The first kappa shape index (κ1) is 29.3. The highest BCUT2D eigenvalue weighted by molar-refractivity contribution is 6.04. The van der Waals surface area contributed by atoms with E-state index in [1.807, 2.05) is 39.0 Å². The molecule has 2 fully saturated rings. The maximum Gasteiger partial charge on any atom is 0.270 e. The van der Waals surface area contributed by atoms with Gasteiger partial charge in [0.2, 0.25) is 11.8 Å². The molecule has 10 nitrogen and oxygen atoms in total. The minimum absolute atomic E-state index is 0.0107. The van der Waals surface area contributed by atoms with Crippen LogP contribution in [0.25, 0.3) is 0 Å². The predicted molar refractivity (Wildman–Crippen MR) is 149 cm³/mol. The number of amides is 3. The normalized spacial score (nSPS) is 25.1. The molecule has 1 aromatic rings. The summed E-state index contributed by atoms with van der Waals surface area (Å²) in [7, 11) is 1.63. The number of benzene rings is 1. The van der Waals surface area contributed by atoms with Gasteiger partial charge in [-0.2, -0.15) is 0 Å². The number of aliphatic hydroxyl groups excluding tert-OH is 1. The van der Waals surface area contributed by atoms with E-state index in [4.69, 9.17) is 9.47 Å². The SMILES string of the molecule is COCCCN1C(=O)C(C)(C)Oc2ccc(N(C(=O)[C@H]3CNCC(C(=O)NC(C)C(C)C)C3O)C3CC3)cc21. The third-order valence-corrected chi connectivity index (χ3v) is 8.09. The number of carbonyl (C=O) groups excluding carboxylic acids is 3. The van der Waals surface area contributed by atoms with E-state index in [0.29, 0.717) is 43.2 Å². The van der Waals surface area contributed by atoms with Crippen LogP contribution in [-0.4, -0.2) is 80.0 Å². The van der Waals surface area contributed by atoms with Crippen molar-refractivity contribution in [3.63, 3.8) is 0 Å². The summed E-state index contributed by atoms with van der Waals surface area (Å²) in [5.41, 5.74) is 0.267. The largest absolute Gasteiger partial charge is 0.476 e. The van der Waals surface area contributed by atoms with Crippen LogP contribution in [0.4, 0.5) is 11.4 Å². The van der Waals surface area contributed by atoms with Crippen molar-refractivity contribution in [2.24, 2.45) is 17.8 Å². The molecular formula is C29H44N4O6. The number of nitrogens with zero attached hydrogens (tertiary/aromatic N) is 2. The van der Waals surface area contributed by atoms with Crippen LogP contribution >= 0.6 is 0 Å². The van der Waals surface area contributed by atoms with E-state index >= 15 is 0 Å². The first-order chi connectivity index (χ1) is 18.5. The van der Waals surface area contributed by atoms with Crippen LogP contribution < -0.4 is 25.2 Å². The van der Waals surface area contributed by atoms with Crippen molar-refractivity contribution in [3.8, 4) is 5.75 Å². The van der Waals surface area contributed by atoms with Crippen LogP contribution in [0.5, 0.6) is 5.75 Å². The molecule has 1 saturated carbocycles. The summed E-state index contributed by atoms with van der Waals surface area (Å²) in [5, 5.41) is 17.4. The van der Waals surface area contributed by atoms with Gasteiger partial charge in [0.25, 0.3) is 5.91 Å². The average Bonchev–Trinajstić information content (AvgIpc) is 3.71. The lowest BCUT2D eigenvalue weighted by atomic mass is 9.85. The summed E-state index contributed by atoms with van der Waals surface area (Å²) in [6.45, 7) is 11.1. The lowest BCUT2D eigenvalue weighted by molar-refractivity contribution is -0.137. The zero-order valence-corrected chi connectivity index (χ0v) is 24.0. The number of anilines is 2. The second-order valence-corrected chi connectivity index (χ2v) is 11.9. The molecule has 1 aliphatic carbocycles. The fraction of sp³-hybridized carbons (Fsp3) is 0.690. The number of fused-ring (bicyclic) bond motifs is 1. The molecule has 10 heteroatoms. The van der Waals surface area contributed by atoms with Crippen LogP contribution in [0.1, 0.15) is 53.9 Å². The Morgan fingerprint density at radius 1 is 1.23 bits per heavy atom. The fourth-order valence-electron chi connectivity index (χ4n) is 5.22. The van der Waals surface area contributed by atoms with Gasteiger partial charge in [0.15, 0.2) is 5.60 Å². The Balaban J connectivity index is 1.59. The van der Waals surface area contributed by atoms with E-state index in [1.165, 1.54) is 0 Å². The zero-order valence-electron chi connectivity index (χ0n) is 24.0. The van der Waals surface area contributed by atoms with Crippen molar-refractivity contribution in [1.82, 2.24) is 10.6 Å². The molecule has 1 aromatic carbocycles. The Kier molecular flexibility index (Phi) is 8.88. The summed E-state index contributed by atoms with van der Waals surface area (Å²) in [4.78, 5) is 43.7. The van der Waals surface area contributed by atoms with Gasteiger partial charge < -0.3 is 35.0 Å². The van der Waals surface area contributed by atoms with Crippen molar-refractivity contribution in [2.45, 2.75) is 77.7 Å². The monoisotopic (exact) mass is 544 g/mol. The molecule has 4 rings (SSSR count). The molecule has 2 aliphatic heterocycles. The number of piperidine rings is 1. The first-order valence-electron chi connectivity index (χ1n) is 14.1. The van der Waals surface area contributed by atoms with Crippen LogP contribution in [-0.2, 0) is 19.1 Å². The highest BCUT2D eigenvalue weighted by atomic mass is 16.5. The van der Waals surface area contributed by atoms with E-state index in [0.717, 1.165) is 12.8 Å². The van der Waals surface area contributed by atoms with Crippen molar-refractivity contribution < 1.29 is 29.0 Å². The molecule has 3 aliphatic rings. The third kappa shape index (κ3) is 6.23. The van der Waals surface area contributed by atoms with Gasteiger partial charge in [0, 0.05) is 51.1 Å². The second-order valence-electron chi connectivity index (χ2n) is 11.9. The van der Waals surface area contributed by atoms with Crippen molar-refractivity contribution in [1.29, 1.82) is 0 Å². The van der Waals surface area contributed by atoms with Gasteiger partial charge in [-0.15, -0.1) is 0 Å². The van der Waals surface area contributed by atoms with Crippen LogP contribution in [0.2, 0.25) is 0 Å². The summed E-state index contributed by atoms with van der Waals surface area (Å²) in [5.74, 6) is -1.27. The lowest BCUT2D eigenvalue weighted by Crippen LogP contribution is -2.58. The van der Waals surface area contributed by atoms with Crippen LogP contribution in [0.15, 0.2) is 18.2 Å². The summed E-state index contributed by atoms with van der Waals surface area (Å²) >= 11 is 0. The number of hydrogen-bond donors (Lipinski definition) is 3. The second kappa shape index (κ2) is 11.8. The van der Waals surface area contributed by atoms with Crippen LogP contribution in [0, 0.1) is 17.8 Å². The molecular weight excluding hydrogens is 500 g/mol. The van der Waals surface area contributed by atoms with Gasteiger partial charge in [-0.1, -0.05) is 13.8 Å². The number of aliphatic hydroxyl groups is 1. The number of rotatable bonds is 10. The Bertz CT molecular complexity index is 1070. The highest BCUT2D eigenvalue weighted by Crippen LogP contribution is 2.43. The minimum atomic E-state index is -1.10. The van der Waals surface area contributed by atoms with E-state index in [1.54, 1.807) is 30.8 Å². The minimum Gasteiger partial charge on any atom is -0.476 e. The van der Waals surface area contributed by atoms with Gasteiger partial charge in [-0.05, 0) is 64.2 Å². The smallest absolute Gasteiger partial charge is 0.270 e. The highest BCUT2D eigenvalue weighted by Gasteiger charge is 2.46. The standard InChI is InChI=1S/C29H44N4O6/c1-17(2)18(3)31-26(35)21-15-30-16-22(25(21)34)27(36)33(19-8-9-19)20-10-11-24-23(14-20)32(12-7-13-38-6)28(37)29(4,5)39-24/h10-11,14,17-19,21-22,25,30,34H,7-9,12-13,15-16H2,1-6H3,(H,31,35)/t18?,21?,22-,25?/m0/s1. The Morgan fingerprint density at radius 3 is 2.56 bits per heavy atom. The van der Waals surface area contributed by atoms with E-state index in [9.17, 15) is 19.5 Å². The Hall–Kier alpha value is -2.69. The Morgan fingerprint density at radius 2 is 1.92 bits per heavy atom. The zero-order chi connectivity index (χ0) is 28.5. The first-order valence-corrected chi connectivity index (χ1v) is 14.1. The van der Waals surface area contributed by atoms with E-state index < -0.39 is 23.5 Å². The summed E-state index contributed by atoms with van der Waals surface area (Å²) in [6.07, 6.45) is 1.27. The summed E-state index contributed by atoms with van der Waals surface area (Å²) < 4.78 is 11.2. The fourth-order valence-corrected chi connectivity index (χ4v) is 5.22. The van der Waals surface area contributed by atoms with Crippen molar-refractivity contribution in [2.75, 3.05) is 43.2 Å². The molecule has 3 amide bonds. The quantitative estimate of drug-likeness (QED) is 0.386. The molecule has 3 unspecified atom stereocenters. The molecule has 4 atom stereocenters. The van der Waals surface area contributed by atoms with Gasteiger partial charge >= 0.3 is 0 Å². The average molecular weight is 545 g/mol. The molecule has 1 saturated heterocycles. The van der Waals surface area contributed by atoms with Crippen molar-refractivity contribution >= 4 is 29.1 Å². The van der Waals surface area contributed by atoms with Gasteiger partial charge in [0.05, 0.1) is 23.6 Å². The number of ether oxygens (including phenoxy) is 2. The summed E-state index contributed by atoms with van der Waals surface area (Å²) in [6, 6.07) is 5.45. The van der Waals surface area contributed by atoms with Gasteiger partial charge in [-0.25, -0.2) is 0 Å². The number of nitrogens with one attached hydrogen (secondary N) is 2. The predicted octanol–water partition coefficient (Wildman–Crippen LogP) is 2.08. The van der Waals surface area contributed by atoms with Crippen LogP contribution in [0.3, 0.4) is 0 Å². The number of hydrogen-bond acceptors (Lipinski definition) is 7. The topological polar surface area (TPSA) is 120 Å². The van der Waals surface area contributed by atoms with E-state index in [-0.39, 0.29) is 42.3 Å². The maximum absolute atomic E-state index is 14.0. The molecule has 216 valence electrons.